The molecule has 0 fully saturated rings. The van der Waals surface area contributed by atoms with Crippen LogP contribution in [-0.4, -0.2) is 16.6 Å². The maximum Gasteiger partial charge on any atom is 0.259 e. The van der Waals surface area contributed by atoms with Gasteiger partial charge in [0.25, 0.3) is 5.56 Å². The van der Waals surface area contributed by atoms with Crippen LogP contribution in [-0.2, 0) is 0 Å². The molecule has 2 aromatic rings. The van der Waals surface area contributed by atoms with Gasteiger partial charge in [0.15, 0.2) is 0 Å². The molecule has 2 rings (SSSR count). The van der Waals surface area contributed by atoms with E-state index in [1.54, 1.807) is 18.2 Å². The predicted molar refractivity (Wildman–Crippen MR) is 58.5 cm³/mol. The van der Waals surface area contributed by atoms with E-state index in [-0.39, 0.29) is 10.8 Å². The van der Waals surface area contributed by atoms with Crippen molar-refractivity contribution < 1.29 is 4.74 Å². The minimum atomic E-state index is -0.243. The van der Waals surface area contributed by atoms with Crippen molar-refractivity contribution in [3.63, 3.8) is 0 Å². The van der Waals surface area contributed by atoms with Gasteiger partial charge in [0.05, 0.1) is 17.5 Å². The summed E-state index contributed by atoms with van der Waals surface area (Å²) < 4.78 is 5.30. The number of halogens is 1. The van der Waals surface area contributed by atoms with Crippen molar-refractivity contribution in [3.05, 3.63) is 33.8 Å². The van der Waals surface area contributed by atoms with E-state index in [1.165, 1.54) is 0 Å². The Bertz CT molecular complexity index is 551. The summed E-state index contributed by atoms with van der Waals surface area (Å²) >= 11 is 5.65. The first kappa shape index (κ1) is 9.98. The van der Waals surface area contributed by atoms with E-state index in [2.05, 4.69) is 9.97 Å². The highest BCUT2D eigenvalue weighted by Gasteiger charge is 2.03. The normalized spacial score (nSPS) is 10.5. The lowest BCUT2D eigenvalue weighted by Crippen LogP contribution is -2.07. The van der Waals surface area contributed by atoms with Gasteiger partial charge in [-0.1, -0.05) is 0 Å². The van der Waals surface area contributed by atoms with Gasteiger partial charge >= 0.3 is 0 Å². The molecule has 0 bridgehead atoms. The Balaban J connectivity index is 2.65. The van der Waals surface area contributed by atoms with Crippen LogP contribution < -0.4 is 10.3 Å². The average Bonchev–Trinajstić information content (AvgIpc) is 2.17. The number of hydrogen-bond acceptors (Lipinski definition) is 3. The van der Waals surface area contributed by atoms with Gasteiger partial charge in [-0.05, 0) is 30.7 Å². The Morgan fingerprint density at radius 2 is 2.33 bits per heavy atom. The molecular weight excluding hydrogens is 216 g/mol. The SMILES string of the molecule is CCOc1ccc2c(=O)[nH]c(Cl)nc2c1. The number of nitrogens with one attached hydrogen (secondary N) is 1. The summed E-state index contributed by atoms with van der Waals surface area (Å²) in [4.78, 5) is 17.9. The average molecular weight is 225 g/mol. The molecule has 0 aliphatic rings. The minimum absolute atomic E-state index is 0.0844. The molecule has 0 aliphatic heterocycles. The molecule has 0 atom stereocenters. The molecule has 15 heavy (non-hydrogen) atoms. The maximum absolute atomic E-state index is 11.4. The Morgan fingerprint density at radius 1 is 1.53 bits per heavy atom. The van der Waals surface area contributed by atoms with Crippen molar-refractivity contribution in [1.82, 2.24) is 9.97 Å². The highest BCUT2D eigenvalue weighted by Crippen LogP contribution is 2.17. The zero-order chi connectivity index (χ0) is 10.8. The fraction of sp³-hybridized carbons (Fsp3) is 0.200. The van der Waals surface area contributed by atoms with Crippen LogP contribution >= 0.6 is 11.6 Å². The van der Waals surface area contributed by atoms with Gasteiger partial charge in [-0.2, -0.15) is 0 Å². The van der Waals surface area contributed by atoms with Crippen LogP contribution in [0.2, 0.25) is 5.28 Å². The second-order valence-corrected chi connectivity index (χ2v) is 3.33. The van der Waals surface area contributed by atoms with Gasteiger partial charge in [0.2, 0.25) is 5.28 Å². The van der Waals surface area contributed by atoms with Gasteiger partial charge in [-0.15, -0.1) is 0 Å². The van der Waals surface area contributed by atoms with Gasteiger partial charge in [-0.3, -0.25) is 9.78 Å². The van der Waals surface area contributed by atoms with E-state index >= 15 is 0 Å². The van der Waals surface area contributed by atoms with Crippen molar-refractivity contribution in [2.75, 3.05) is 6.61 Å². The van der Waals surface area contributed by atoms with E-state index in [4.69, 9.17) is 16.3 Å². The number of aromatic amines is 1. The Kier molecular flexibility index (Phi) is 2.60. The van der Waals surface area contributed by atoms with Crippen molar-refractivity contribution in [2.45, 2.75) is 6.92 Å². The molecular formula is C10H9ClN2O2. The van der Waals surface area contributed by atoms with Gasteiger partial charge in [0.1, 0.15) is 5.75 Å². The first-order chi connectivity index (χ1) is 7.20. The van der Waals surface area contributed by atoms with E-state index in [0.717, 1.165) is 0 Å². The van der Waals surface area contributed by atoms with Crippen LogP contribution in [0, 0.1) is 0 Å². The molecule has 1 N–H and O–H groups in total. The molecule has 0 saturated heterocycles. The molecule has 0 spiro atoms. The fourth-order valence-corrected chi connectivity index (χ4v) is 1.52. The number of benzene rings is 1. The summed E-state index contributed by atoms with van der Waals surface area (Å²) in [5.74, 6) is 0.680. The summed E-state index contributed by atoms with van der Waals surface area (Å²) in [5, 5.41) is 0.587. The molecule has 1 heterocycles. The van der Waals surface area contributed by atoms with Crippen LogP contribution in [0.25, 0.3) is 10.9 Å². The van der Waals surface area contributed by atoms with Crippen molar-refractivity contribution in [1.29, 1.82) is 0 Å². The van der Waals surface area contributed by atoms with Crippen LogP contribution in [0.5, 0.6) is 5.75 Å². The largest absolute Gasteiger partial charge is 0.494 e. The van der Waals surface area contributed by atoms with Gasteiger partial charge in [0, 0.05) is 6.07 Å². The number of fused-ring (bicyclic) bond motifs is 1. The maximum atomic E-state index is 11.4. The number of aromatic nitrogens is 2. The van der Waals surface area contributed by atoms with Crippen LogP contribution in [0.4, 0.5) is 0 Å². The first-order valence-electron chi connectivity index (χ1n) is 4.53. The van der Waals surface area contributed by atoms with Crippen molar-refractivity contribution in [3.8, 4) is 5.75 Å². The fourth-order valence-electron chi connectivity index (χ4n) is 1.35. The zero-order valence-electron chi connectivity index (χ0n) is 8.08. The van der Waals surface area contributed by atoms with E-state index < -0.39 is 0 Å². The standard InChI is InChI=1S/C10H9ClN2O2/c1-2-15-6-3-4-7-8(5-6)12-10(11)13-9(7)14/h3-5H,2H2,1H3,(H,12,13,14). The van der Waals surface area contributed by atoms with Crippen LogP contribution in [0.3, 0.4) is 0 Å². The van der Waals surface area contributed by atoms with Crippen molar-refractivity contribution in [2.24, 2.45) is 0 Å². The lowest BCUT2D eigenvalue weighted by atomic mass is 10.2. The summed E-state index contributed by atoms with van der Waals surface area (Å²) in [6.07, 6.45) is 0. The molecule has 78 valence electrons. The summed E-state index contributed by atoms with van der Waals surface area (Å²) in [6.45, 7) is 2.46. The Hall–Kier alpha value is -1.55. The molecule has 0 radical (unpaired) electrons. The van der Waals surface area contributed by atoms with Crippen LogP contribution in [0.1, 0.15) is 6.92 Å². The van der Waals surface area contributed by atoms with E-state index in [0.29, 0.717) is 23.3 Å². The molecule has 1 aromatic carbocycles. The molecule has 0 aliphatic carbocycles. The second kappa shape index (κ2) is 3.90. The van der Waals surface area contributed by atoms with Crippen LogP contribution in [0.15, 0.2) is 23.0 Å². The Labute approximate surface area is 90.9 Å². The highest BCUT2D eigenvalue weighted by molar-refractivity contribution is 6.28. The van der Waals surface area contributed by atoms with Gasteiger partial charge in [-0.25, -0.2) is 4.98 Å². The monoisotopic (exact) mass is 224 g/mol. The first-order valence-corrected chi connectivity index (χ1v) is 4.91. The zero-order valence-corrected chi connectivity index (χ0v) is 8.84. The predicted octanol–water partition coefficient (Wildman–Crippen LogP) is 1.98. The summed E-state index contributed by atoms with van der Waals surface area (Å²) in [6, 6.07) is 5.10. The minimum Gasteiger partial charge on any atom is -0.494 e. The third-order valence-corrected chi connectivity index (χ3v) is 2.14. The number of ether oxygens (including phenoxy) is 1. The number of nitrogens with zero attached hydrogens (tertiary/aromatic N) is 1. The molecule has 0 unspecified atom stereocenters. The van der Waals surface area contributed by atoms with Crippen molar-refractivity contribution >= 4 is 22.5 Å². The molecule has 0 saturated carbocycles. The lowest BCUT2D eigenvalue weighted by Gasteiger charge is -2.03. The van der Waals surface area contributed by atoms with Gasteiger partial charge < -0.3 is 4.74 Å². The summed E-state index contributed by atoms with van der Waals surface area (Å²) in [5.41, 5.74) is 0.294. The highest BCUT2D eigenvalue weighted by atomic mass is 35.5. The quantitative estimate of drug-likeness (QED) is 0.794. The number of H-pyrrole nitrogens is 1. The lowest BCUT2D eigenvalue weighted by molar-refractivity contribution is 0.340. The number of rotatable bonds is 2. The molecule has 4 nitrogen and oxygen atoms in total. The smallest absolute Gasteiger partial charge is 0.259 e. The summed E-state index contributed by atoms with van der Waals surface area (Å²) in [7, 11) is 0. The number of hydrogen-bond donors (Lipinski definition) is 1. The van der Waals surface area contributed by atoms with E-state index in [1.807, 2.05) is 6.92 Å². The molecule has 1 aromatic heterocycles. The Morgan fingerprint density at radius 3 is 3.07 bits per heavy atom. The third-order valence-electron chi connectivity index (χ3n) is 1.96. The molecule has 0 amide bonds. The molecule has 5 heteroatoms. The topological polar surface area (TPSA) is 55.0 Å². The van der Waals surface area contributed by atoms with E-state index in [9.17, 15) is 4.79 Å². The third kappa shape index (κ3) is 1.94. The second-order valence-electron chi connectivity index (χ2n) is 2.97.